The minimum Gasteiger partial charge on any atom is -0.208 e. The number of thiophene rings is 1. The summed E-state index contributed by atoms with van der Waals surface area (Å²) < 4.78 is 2.44. The van der Waals surface area contributed by atoms with Gasteiger partial charge in [-0.1, -0.05) is 172 Å². The van der Waals surface area contributed by atoms with Crippen molar-refractivity contribution in [2.45, 2.75) is 19.3 Å². The summed E-state index contributed by atoms with van der Waals surface area (Å²) in [6.07, 6.45) is 0. The second-order valence-electron chi connectivity index (χ2n) is 15.6. The monoisotopic (exact) mass is 759 g/mol. The third-order valence-electron chi connectivity index (χ3n) is 11.7. The van der Waals surface area contributed by atoms with Gasteiger partial charge in [-0.15, -0.1) is 11.3 Å². The van der Waals surface area contributed by atoms with Gasteiger partial charge in [-0.3, -0.25) is 0 Å². The fraction of sp³-hybridized carbons (Fsp3) is 0.0556. The Morgan fingerprint density at radius 1 is 0.362 bits per heavy atom. The Morgan fingerprint density at radius 3 is 1.71 bits per heavy atom. The van der Waals surface area contributed by atoms with Gasteiger partial charge in [-0.2, -0.15) is 0 Å². The fourth-order valence-corrected chi connectivity index (χ4v) is 10.1. The highest BCUT2D eigenvalue weighted by Crippen LogP contribution is 2.52. The molecule has 11 rings (SSSR count). The molecule has 0 radical (unpaired) electrons. The zero-order chi connectivity index (χ0) is 38.8. The van der Waals surface area contributed by atoms with E-state index in [0.29, 0.717) is 17.5 Å². The highest BCUT2D eigenvalue weighted by atomic mass is 32.1. The van der Waals surface area contributed by atoms with Crippen LogP contribution in [0.3, 0.4) is 0 Å². The maximum atomic E-state index is 5.31. The highest BCUT2D eigenvalue weighted by Gasteiger charge is 2.37. The number of fused-ring (bicyclic) bond motifs is 6. The van der Waals surface area contributed by atoms with Crippen LogP contribution in [0.5, 0.6) is 0 Å². The van der Waals surface area contributed by atoms with Crippen molar-refractivity contribution in [2.24, 2.45) is 0 Å². The molecule has 0 aliphatic heterocycles. The molecule has 0 bridgehead atoms. The van der Waals surface area contributed by atoms with Gasteiger partial charge < -0.3 is 0 Å². The third kappa shape index (κ3) is 5.68. The largest absolute Gasteiger partial charge is 0.208 e. The summed E-state index contributed by atoms with van der Waals surface area (Å²) in [6, 6.07) is 67.2. The quantitative estimate of drug-likeness (QED) is 0.169. The molecular formula is C54H37N3S. The Labute approximate surface area is 342 Å². The lowest BCUT2D eigenvalue weighted by Gasteiger charge is -2.24. The van der Waals surface area contributed by atoms with Gasteiger partial charge in [-0.05, 0) is 86.0 Å². The Kier molecular flexibility index (Phi) is 8.02. The van der Waals surface area contributed by atoms with Crippen LogP contribution >= 0.6 is 11.3 Å². The normalized spacial score (nSPS) is 12.8. The van der Waals surface area contributed by atoms with Gasteiger partial charge in [-0.25, -0.2) is 15.0 Å². The lowest BCUT2D eigenvalue weighted by atomic mass is 9.79. The van der Waals surface area contributed by atoms with Crippen LogP contribution in [0, 0.1) is 0 Å². The van der Waals surface area contributed by atoms with E-state index in [1.165, 1.54) is 64.9 Å². The summed E-state index contributed by atoms with van der Waals surface area (Å²) in [6.45, 7) is 4.68. The molecule has 10 aromatic rings. The number of nitrogens with zero attached hydrogens (tertiary/aromatic N) is 3. The van der Waals surface area contributed by atoms with E-state index in [2.05, 4.69) is 184 Å². The molecule has 274 valence electrons. The van der Waals surface area contributed by atoms with Gasteiger partial charge in [0.1, 0.15) is 0 Å². The molecule has 8 aromatic carbocycles. The Hall–Kier alpha value is -7.01. The van der Waals surface area contributed by atoms with E-state index in [-0.39, 0.29) is 5.41 Å². The summed E-state index contributed by atoms with van der Waals surface area (Å²) in [5.74, 6) is 1.96. The maximum absolute atomic E-state index is 5.31. The first kappa shape index (κ1) is 34.3. The first-order valence-corrected chi connectivity index (χ1v) is 20.6. The van der Waals surface area contributed by atoms with Crippen LogP contribution in [0.15, 0.2) is 188 Å². The zero-order valence-electron chi connectivity index (χ0n) is 32.1. The lowest BCUT2D eigenvalue weighted by Crippen LogP contribution is -2.16. The number of benzene rings is 8. The highest BCUT2D eigenvalue weighted by molar-refractivity contribution is 7.26. The standard InChI is InChI=1S/C54H37N3S/c1-54(2)46-27-10-9-23-42(46)43-25-13-24-41(50(43)54)39-21-12-22-40(32-39)52-55-51(35-17-7-4-8-18-35)56-53(57-52)44-26-14-28-48-49(44)45-33-38(29-30-47(45)58-48)37-20-11-19-36(31-37)34-15-5-3-6-16-34/h3-33H,1-2H3. The molecule has 2 aromatic heterocycles. The van der Waals surface area contributed by atoms with Crippen molar-refractivity contribution in [1.82, 2.24) is 15.0 Å². The molecule has 0 fully saturated rings. The zero-order valence-corrected chi connectivity index (χ0v) is 33.0. The summed E-state index contributed by atoms with van der Waals surface area (Å²) in [5, 5.41) is 2.36. The molecule has 0 saturated heterocycles. The summed E-state index contributed by atoms with van der Waals surface area (Å²) in [4.78, 5) is 15.7. The van der Waals surface area contributed by atoms with Crippen LogP contribution in [0.25, 0.3) is 98.8 Å². The number of rotatable bonds is 6. The first-order chi connectivity index (χ1) is 28.5. The molecule has 58 heavy (non-hydrogen) atoms. The molecule has 0 saturated carbocycles. The fourth-order valence-electron chi connectivity index (χ4n) is 8.96. The van der Waals surface area contributed by atoms with Crippen LogP contribution in [0.1, 0.15) is 25.0 Å². The average Bonchev–Trinajstić information content (AvgIpc) is 3.78. The van der Waals surface area contributed by atoms with E-state index < -0.39 is 0 Å². The predicted octanol–water partition coefficient (Wildman–Crippen LogP) is 14.5. The summed E-state index contributed by atoms with van der Waals surface area (Å²) >= 11 is 1.81. The molecule has 1 aliphatic rings. The number of hydrogen-bond acceptors (Lipinski definition) is 4. The Balaban J connectivity index is 1.07. The van der Waals surface area contributed by atoms with Crippen LogP contribution in [0.2, 0.25) is 0 Å². The predicted molar refractivity (Wildman–Crippen MR) is 243 cm³/mol. The van der Waals surface area contributed by atoms with Crippen molar-refractivity contribution in [3.63, 3.8) is 0 Å². The molecule has 0 amide bonds. The second kappa shape index (κ2) is 13.6. The molecule has 2 heterocycles. The average molecular weight is 760 g/mol. The van der Waals surface area contributed by atoms with Crippen LogP contribution in [0.4, 0.5) is 0 Å². The van der Waals surface area contributed by atoms with E-state index in [1.54, 1.807) is 0 Å². The van der Waals surface area contributed by atoms with Crippen molar-refractivity contribution >= 4 is 31.5 Å². The van der Waals surface area contributed by atoms with Crippen molar-refractivity contribution in [3.8, 4) is 78.7 Å². The molecule has 0 N–H and O–H groups in total. The van der Waals surface area contributed by atoms with E-state index in [0.717, 1.165) is 27.6 Å². The van der Waals surface area contributed by atoms with E-state index in [4.69, 9.17) is 15.0 Å². The first-order valence-electron chi connectivity index (χ1n) is 19.8. The smallest absolute Gasteiger partial charge is 0.164 e. The Bertz CT molecular complexity index is 3200. The SMILES string of the molecule is CC1(C)c2ccccc2-c2cccc(-c3cccc(-c4nc(-c5ccccc5)nc(-c5cccc6sc7ccc(-c8cccc(-c9ccccc9)c8)cc7c56)n4)c3)c21. The number of aromatic nitrogens is 3. The summed E-state index contributed by atoms with van der Waals surface area (Å²) in [5.41, 5.74) is 15.3. The lowest BCUT2D eigenvalue weighted by molar-refractivity contribution is 0.662. The van der Waals surface area contributed by atoms with Gasteiger partial charge in [0.25, 0.3) is 0 Å². The van der Waals surface area contributed by atoms with Crippen LogP contribution in [-0.4, -0.2) is 15.0 Å². The van der Waals surface area contributed by atoms with Crippen molar-refractivity contribution in [2.75, 3.05) is 0 Å². The van der Waals surface area contributed by atoms with E-state index in [1.807, 2.05) is 29.5 Å². The minimum absolute atomic E-state index is 0.133. The topological polar surface area (TPSA) is 38.7 Å². The molecule has 0 unspecified atom stereocenters. The second-order valence-corrected chi connectivity index (χ2v) is 16.7. The maximum Gasteiger partial charge on any atom is 0.164 e. The molecule has 0 spiro atoms. The number of hydrogen-bond donors (Lipinski definition) is 0. The molecule has 1 aliphatic carbocycles. The van der Waals surface area contributed by atoms with E-state index >= 15 is 0 Å². The van der Waals surface area contributed by atoms with Crippen molar-refractivity contribution < 1.29 is 0 Å². The van der Waals surface area contributed by atoms with Crippen molar-refractivity contribution in [1.29, 1.82) is 0 Å². The van der Waals surface area contributed by atoms with Gasteiger partial charge in [0, 0.05) is 42.3 Å². The van der Waals surface area contributed by atoms with Crippen LogP contribution < -0.4 is 0 Å². The van der Waals surface area contributed by atoms with Gasteiger partial charge in [0.2, 0.25) is 0 Å². The van der Waals surface area contributed by atoms with E-state index in [9.17, 15) is 0 Å². The van der Waals surface area contributed by atoms with Crippen molar-refractivity contribution in [3.05, 3.63) is 199 Å². The van der Waals surface area contributed by atoms with Gasteiger partial charge in [0.05, 0.1) is 0 Å². The Morgan fingerprint density at radius 2 is 0.897 bits per heavy atom. The van der Waals surface area contributed by atoms with Gasteiger partial charge in [0.15, 0.2) is 17.5 Å². The molecule has 0 atom stereocenters. The summed E-state index contributed by atoms with van der Waals surface area (Å²) in [7, 11) is 0. The minimum atomic E-state index is -0.133. The third-order valence-corrected chi connectivity index (χ3v) is 12.9. The van der Waals surface area contributed by atoms with Gasteiger partial charge >= 0.3 is 0 Å². The molecule has 3 nitrogen and oxygen atoms in total. The molecule has 4 heteroatoms. The molecular weight excluding hydrogens is 723 g/mol. The van der Waals surface area contributed by atoms with Crippen LogP contribution in [-0.2, 0) is 5.41 Å².